The van der Waals surface area contributed by atoms with Gasteiger partial charge in [-0.2, -0.15) is 0 Å². The number of carbonyl (C=O) groups is 6. The molecule has 0 saturated carbocycles. The van der Waals surface area contributed by atoms with Crippen LogP contribution in [-0.4, -0.2) is 45.8 Å². The van der Waals surface area contributed by atoms with Gasteiger partial charge in [-0.1, -0.05) is 24.3 Å². The highest BCUT2D eigenvalue weighted by Crippen LogP contribution is 2.36. The Bertz CT molecular complexity index is 1820. The number of hydrogen-bond acceptors (Lipinski definition) is 6. The van der Waals surface area contributed by atoms with Gasteiger partial charge in [-0.25, -0.2) is 19.4 Å². The average Bonchev–Trinajstić information content (AvgIpc) is 3.36. The number of aryl methyl sites for hydroxylation is 2. The topological polar surface area (TPSA) is 149 Å². The van der Waals surface area contributed by atoms with Crippen LogP contribution in [0.3, 0.4) is 0 Å². The number of nitrogens with zero attached hydrogens (tertiary/aromatic N) is 2. The zero-order chi connectivity index (χ0) is 30.0. The summed E-state index contributed by atoms with van der Waals surface area (Å²) >= 11 is 0. The van der Waals surface area contributed by atoms with Crippen LogP contribution in [0.25, 0.3) is 11.1 Å². The molecule has 0 aromatic heterocycles. The lowest BCUT2D eigenvalue weighted by atomic mass is 9.97. The second-order valence-electron chi connectivity index (χ2n) is 10.0. The molecule has 0 bridgehead atoms. The number of anilines is 2. The minimum Gasteiger partial charge on any atom is -0.478 e. The molecule has 4 aromatic rings. The van der Waals surface area contributed by atoms with E-state index in [4.69, 9.17) is 0 Å². The van der Waals surface area contributed by atoms with E-state index in [1.807, 2.05) is 0 Å². The third-order valence-corrected chi connectivity index (χ3v) is 7.50. The average molecular weight is 561 g/mol. The Balaban J connectivity index is 1.36. The van der Waals surface area contributed by atoms with E-state index in [1.165, 1.54) is 60.7 Å². The monoisotopic (exact) mass is 560 g/mol. The summed E-state index contributed by atoms with van der Waals surface area (Å²) in [5.74, 6) is -4.79. The number of amides is 4. The first kappa shape index (κ1) is 26.3. The van der Waals surface area contributed by atoms with Gasteiger partial charge in [0.15, 0.2) is 0 Å². The molecule has 4 aromatic carbocycles. The summed E-state index contributed by atoms with van der Waals surface area (Å²) in [5.41, 5.74) is 2.86. The van der Waals surface area contributed by atoms with Crippen molar-refractivity contribution >= 4 is 46.9 Å². The fourth-order valence-electron chi connectivity index (χ4n) is 5.25. The van der Waals surface area contributed by atoms with Gasteiger partial charge in [0.1, 0.15) is 0 Å². The summed E-state index contributed by atoms with van der Waals surface area (Å²) in [4.78, 5) is 78.2. The van der Waals surface area contributed by atoms with Crippen LogP contribution < -0.4 is 9.80 Å². The second kappa shape index (κ2) is 9.34. The summed E-state index contributed by atoms with van der Waals surface area (Å²) < 4.78 is 0. The van der Waals surface area contributed by atoms with Crippen molar-refractivity contribution in [2.75, 3.05) is 9.80 Å². The number of carboxylic acid groups (broad SMARTS) is 2. The van der Waals surface area contributed by atoms with E-state index < -0.39 is 35.6 Å². The van der Waals surface area contributed by atoms with Gasteiger partial charge in [0.05, 0.1) is 44.8 Å². The molecule has 10 nitrogen and oxygen atoms in total. The number of aromatic carboxylic acids is 2. The maximum atomic E-state index is 13.4. The number of hydrogen-bond donors (Lipinski definition) is 2. The summed E-state index contributed by atoms with van der Waals surface area (Å²) in [6.07, 6.45) is 0. The molecule has 0 unspecified atom stereocenters. The Morgan fingerprint density at radius 2 is 0.857 bits per heavy atom. The molecule has 0 fully saturated rings. The molecule has 0 atom stereocenters. The van der Waals surface area contributed by atoms with E-state index >= 15 is 0 Å². The standard InChI is InChI=1S/C32H20N2O8/c1-15-3-5-19(31(39)40)13-25(15)33-27(35)21-9-7-17(11-23(21)29(33)37)18-8-10-22-24(12-18)30(38)34(28(22)36)26-14-20(32(41)42)6-4-16(26)2/h3-14H,1-2H3,(H,39,40)(H,41,42). The minimum absolute atomic E-state index is 0.0656. The number of carboxylic acids is 2. The molecule has 0 saturated heterocycles. The van der Waals surface area contributed by atoms with Gasteiger partial charge in [0.25, 0.3) is 23.6 Å². The van der Waals surface area contributed by atoms with E-state index in [2.05, 4.69) is 0 Å². The van der Waals surface area contributed by atoms with E-state index in [0.29, 0.717) is 22.3 Å². The highest BCUT2D eigenvalue weighted by atomic mass is 16.4. The lowest BCUT2D eigenvalue weighted by molar-refractivity contribution is 0.0686. The van der Waals surface area contributed by atoms with Crippen molar-refractivity contribution in [1.82, 2.24) is 0 Å². The van der Waals surface area contributed by atoms with Crippen LogP contribution >= 0.6 is 0 Å². The van der Waals surface area contributed by atoms with E-state index in [0.717, 1.165) is 9.80 Å². The predicted octanol–water partition coefficient (Wildman–Crippen LogP) is 4.97. The first-order valence-corrected chi connectivity index (χ1v) is 12.7. The second-order valence-corrected chi connectivity index (χ2v) is 10.0. The number of imide groups is 2. The first-order chi connectivity index (χ1) is 20.0. The van der Waals surface area contributed by atoms with Crippen molar-refractivity contribution in [2.45, 2.75) is 13.8 Å². The normalized spacial score (nSPS) is 14.0. The number of rotatable bonds is 5. The summed E-state index contributed by atoms with van der Waals surface area (Å²) in [6.45, 7) is 3.34. The van der Waals surface area contributed by atoms with Crippen LogP contribution in [0, 0.1) is 13.8 Å². The number of benzene rings is 4. The molecule has 2 aliphatic rings. The Morgan fingerprint density at radius 1 is 0.500 bits per heavy atom. The van der Waals surface area contributed by atoms with Gasteiger partial charge in [-0.05, 0) is 84.6 Å². The molecule has 6 rings (SSSR count). The molecule has 0 radical (unpaired) electrons. The quantitative estimate of drug-likeness (QED) is 0.325. The minimum atomic E-state index is -1.19. The van der Waals surface area contributed by atoms with Gasteiger partial charge in [0.2, 0.25) is 0 Å². The van der Waals surface area contributed by atoms with E-state index in [9.17, 15) is 39.0 Å². The molecule has 4 amide bonds. The van der Waals surface area contributed by atoms with Crippen molar-refractivity contribution in [2.24, 2.45) is 0 Å². The lowest BCUT2D eigenvalue weighted by Gasteiger charge is -2.17. The largest absolute Gasteiger partial charge is 0.478 e. The molecule has 206 valence electrons. The van der Waals surface area contributed by atoms with Crippen LogP contribution in [0.5, 0.6) is 0 Å². The predicted molar refractivity (Wildman–Crippen MR) is 150 cm³/mol. The van der Waals surface area contributed by atoms with Crippen LogP contribution in [-0.2, 0) is 0 Å². The molecule has 0 aliphatic carbocycles. The van der Waals surface area contributed by atoms with Crippen molar-refractivity contribution in [3.05, 3.63) is 117 Å². The Kier molecular flexibility index (Phi) is 5.86. The van der Waals surface area contributed by atoms with Gasteiger partial charge < -0.3 is 10.2 Å². The molecule has 2 aliphatic heterocycles. The van der Waals surface area contributed by atoms with Crippen molar-refractivity contribution < 1.29 is 39.0 Å². The summed E-state index contributed by atoms with van der Waals surface area (Å²) in [7, 11) is 0. The first-order valence-electron chi connectivity index (χ1n) is 12.7. The van der Waals surface area contributed by atoms with Gasteiger partial charge >= 0.3 is 11.9 Å². The number of carbonyl (C=O) groups excluding carboxylic acids is 4. The molecule has 42 heavy (non-hydrogen) atoms. The molecule has 2 heterocycles. The summed E-state index contributed by atoms with van der Waals surface area (Å²) in [6, 6.07) is 17.7. The Morgan fingerprint density at radius 3 is 1.21 bits per heavy atom. The third kappa shape index (κ3) is 3.88. The van der Waals surface area contributed by atoms with Gasteiger partial charge in [0, 0.05) is 0 Å². The molecule has 2 N–H and O–H groups in total. The van der Waals surface area contributed by atoms with Crippen molar-refractivity contribution in [1.29, 1.82) is 0 Å². The van der Waals surface area contributed by atoms with Crippen LogP contribution in [0.2, 0.25) is 0 Å². The highest BCUT2D eigenvalue weighted by Gasteiger charge is 2.39. The molecular formula is C32H20N2O8. The smallest absolute Gasteiger partial charge is 0.335 e. The van der Waals surface area contributed by atoms with Crippen molar-refractivity contribution in [3.8, 4) is 11.1 Å². The zero-order valence-corrected chi connectivity index (χ0v) is 22.2. The number of fused-ring (bicyclic) bond motifs is 2. The van der Waals surface area contributed by atoms with Crippen LogP contribution in [0.4, 0.5) is 11.4 Å². The molecular weight excluding hydrogens is 540 g/mol. The SMILES string of the molecule is Cc1ccc(C(=O)O)cc1N1C(=O)c2ccc(-c3ccc4c(c3)C(=O)N(c3cc(C(=O)O)ccc3C)C4=O)cc2C1=O. The van der Waals surface area contributed by atoms with Crippen LogP contribution in [0.1, 0.15) is 73.3 Å². The van der Waals surface area contributed by atoms with Crippen molar-refractivity contribution in [3.63, 3.8) is 0 Å². The molecule has 0 spiro atoms. The fourth-order valence-corrected chi connectivity index (χ4v) is 5.25. The lowest BCUT2D eigenvalue weighted by Crippen LogP contribution is -2.30. The highest BCUT2D eigenvalue weighted by molar-refractivity contribution is 6.36. The third-order valence-electron chi connectivity index (χ3n) is 7.50. The molecule has 10 heteroatoms. The zero-order valence-electron chi connectivity index (χ0n) is 22.2. The van der Waals surface area contributed by atoms with Crippen LogP contribution in [0.15, 0.2) is 72.8 Å². The van der Waals surface area contributed by atoms with E-state index in [1.54, 1.807) is 26.0 Å². The maximum absolute atomic E-state index is 13.4. The maximum Gasteiger partial charge on any atom is 0.335 e. The van der Waals surface area contributed by atoms with E-state index in [-0.39, 0.29) is 44.8 Å². The Labute approximate surface area is 238 Å². The van der Waals surface area contributed by atoms with Gasteiger partial charge in [-0.15, -0.1) is 0 Å². The fraction of sp³-hybridized carbons (Fsp3) is 0.0625. The summed E-state index contributed by atoms with van der Waals surface area (Å²) in [5, 5.41) is 18.8. The Hall–Kier alpha value is -5.90. The van der Waals surface area contributed by atoms with Gasteiger partial charge in [-0.3, -0.25) is 19.2 Å².